The van der Waals surface area contributed by atoms with Crippen LogP contribution in [0.1, 0.15) is 236 Å². The molecular weight excluding hydrogens is 1200 g/mol. The Morgan fingerprint density at radius 3 is 0.600 bits per heavy atom. The number of H-pyrrole nitrogens is 2. The summed E-state index contributed by atoms with van der Waals surface area (Å²) in [6.07, 6.45) is 65.0. The third-order valence-electron chi connectivity index (χ3n) is 11.7. The van der Waals surface area contributed by atoms with Crippen LogP contribution >= 0.6 is 0 Å². The van der Waals surface area contributed by atoms with Crippen LogP contribution in [0.2, 0.25) is 0 Å². The fourth-order valence-electron chi connectivity index (χ4n) is 7.73. The van der Waals surface area contributed by atoms with E-state index in [2.05, 4.69) is 121 Å². The normalized spacial score (nSPS) is 15.7. The number of nitrogens with one attached hydrogen (secondary N) is 2. The summed E-state index contributed by atoms with van der Waals surface area (Å²) in [5, 5.41) is 0. The molecule has 0 spiro atoms. The molecule has 0 radical (unpaired) electrons. The number of aromatic amines is 2. The van der Waals surface area contributed by atoms with E-state index in [-0.39, 0.29) is 108 Å². The summed E-state index contributed by atoms with van der Waals surface area (Å²) in [7, 11) is -3.67. The van der Waals surface area contributed by atoms with Crippen molar-refractivity contribution in [1.29, 1.82) is 0 Å². The zero-order valence-electron chi connectivity index (χ0n) is 51.0. The van der Waals surface area contributed by atoms with Gasteiger partial charge < -0.3 is 64.1 Å². The first-order valence-electron chi connectivity index (χ1n) is 26.8. The van der Waals surface area contributed by atoms with Crippen LogP contribution in [-0.2, 0) is 58.4 Å². The number of rotatable bonds is 3. The van der Waals surface area contributed by atoms with Gasteiger partial charge in [0, 0.05) is 22.8 Å². The fraction of sp³-hybridized carbons (Fsp3) is 0.625. The summed E-state index contributed by atoms with van der Waals surface area (Å²) in [5.41, 5.74) is 4.94. The Labute approximate surface area is 508 Å². The summed E-state index contributed by atoms with van der Waals surface area (Å²) < 4.78 is 29.0. The van der Waals surface area contributed by atoms with E-state index in [0.29, 0.717) is 0 Å². The second kappa shape index (κ2) is 86.8. The Morgan fingerprint density at radius 1 is 0.347 bits per heavy atom. The Hall–Kier alpha value is -1.12. The van der Waals surface area contributed by atoms with Crippen molar-refractivity contribution in [3.05, 3.63) is 152 Å². The molecule has 2 N–H and O–H groups in total. The van der Waals surface area contributed by atoms with Crippen molar-refractivity contribution in [3.8, 4) is 0 Å². The van der Waals surface area contributed by atoms with Crippen LogP contribution in [-0.4, -0.2) is 42.0 Å². The monoisotopic (exact) mass is 1330 g/mol. The first-order valence-corrected chi connectivity index (χ1v) is 26.8. The van der Waals surface area contributed by atoms with Crippen LogP contribution in [0.5, 0.6) is 0 Å². The van der Waals surface area contributed by atoms with Crippen molar-refractivity contribution in [2.45, 2.75) is 241 Å². The van der Waals surface area contributed by atoms with Crippen molar-refractivity contribution < 1.29 is 76.1 Å². The molecule has 5 aliphatic rings. The average molecular weight is 1320 g/mol. The van der Waals surface area contributed by atoms with Crippen molar-refractivity contribution >= 4 is 7.54 Å². The van der Waals surface area contributed by atoms with Crippen LogP contribution < -0.4 is 4.70 Å². The second-order valence-corrected chi connectivity index (χ2v) is 17.9. The quantitative estimate of drug-likeness (QED) is 0.137. The molecule has 0 saturated heterocycles. The van der Waals surface area contributed by atoms with Crippen LogP contribution in [0, 0.1) is 72.3 Å². The van der Waals surface area contributed by atoms with E-state index in [9.17, 15) is 12.9 Å². The topological polar surface area (TPSA) is 34.8 Å². The second-order valence-electron chi connectivity index (χ2n) is 17.9. The minimum atomic E-state index is -3.67. The summed E-state index contributed by atoms with van der Waals surface area (Å²) in [6.45, 7) is 18.3. The summed E-state index contributed by atoms with van der Waals surface area (Å²) in [6, 6.07) is 8.26. The third kappa shape index (κ3) is 92.6. The Bertz CT molecular complexity index is 1150. The summed E-state index contributed by atoms with van der Waals surface area (Å²) in [4.78, 5) is 8.65. The molecule has 5 aliphatic carbocycles. The minimum absolute atomic E-state index is 0. The number of hydrogen-bond donors (Lipinski definition) is 2. The van der Waals surface area contributed by atoms with Gasteiger partial charge in [-0.25, -0.2) is 0 Å². The first-order chi connectivity index (χ1) is 31.7. The molecule has 0 unspecified atom stereocenters. The van der Waals surface area contributed by atoms with E-state index in [4.69, 9.17) is 0 Å². The zero-order valence-corrected chi connectivity index (χ0v) is 56.4. The van der Waals surface area contributed by atoms with Gasteiger partial charge in [-0.1, -0.05) is 236 Å². The molecule has 3 saturated carbocycles. The molecule has 11 heteroatoms. The number of halogens is 4. The molecule has 7 rings (SSSR count). The first kappa shape index (κ1) is 102. The van der Waals surface area contributed by atoms with E-state index in [1.54, 1.807) is 0 Å². The van der Waals surface area contributed by atoms with Gasteiger partial charge in [0.15, 0.2) is 0 Å². The number of allylic oxidation sites excluding steroid dienone is 10. The standard InChI is InChI=1S/3C8H16.C8H12.C8H10.2C6H9N.C6H15N.6CH3.BF3.FH.3Ru.H/c5*1-2-4-6-8-7-5-3-1;2*1-5-3-4-6(2)7-5;1-4-7(5-2)6-3;;;;;;;2-1(3)4;;;;;/h3*1-8H2;1-2,7-8H,3-6H2;1-6H,7-8H2;2*3-4,7H,1-2H3;4-6H2,1-3H3;6*1H3;;1H;;;;/q;;;;;;;;6*-1;;;3*+2;/p-1/b;;;2-1-,8-7?;2-1?,5-3-,6-4?;;;;;;;;;;;;;;;. The molecule has 2 aromatic rings. The van der Waals surface area contributed by atoms with E-state index in [0.717, 1.165) is 0 Å². The van der Waals surface area contributed by atoms with E-state index < -0.39 is 7.54 Å². The van der Waals surface area contributed by atoms with Crippen molar-refractivity contribution in [3.63, 3.8) is 0 Å². The zero-order chi connectivity index (χ0) is 48.1. The van der Waals surface area contributed by atoms with Gasteiger partial charge in [-0.3, -0.25) is 12.9 Å². The Balaban J connectivity index is -0.0000000588. The van der Waals surface area contributed by atoms with Crippen LogP contribution in [0.15, 0.2) is 85.0 Å². The molecule has 2 aromatic heterocycles. The van der Waals surface area contributed by atoms with Crippen LogP contribution in [0.3, 0.4) is 0 Å². The Kier molecular flexibility index (Phi) is 119. The van der Waals surface area contributed by atoms with Gasteiger partial charge in [0.2, 0.25) is 0 Å². The van der Waals surface area contributed by atoms with Gasteiger partial charge in [-0.2, -0.15) is 0 Å². The predicted molar refractivity (Wildman–Crippen MR) is 327 cm³/mol. The molecule has 2 heterocycles. The number of aromatic nitrogens is 2. The molecule has 75 heavy (non-hydrogen) atoms. The predicted octanol–water partition coefficient (Wildman–Crippen LogP) is 19.4. The number of aryl methyl sites for hydroxylation is 4. The summed E-state index contributed by atoms with van der Waals surface area (Å²) >= 11 is 0. The van der Waals surface area contributed by atoms with Gasteiger partial charge >= 0.3 is 66.0 Å². The van der Waals surface area contributed by atoms with E-state index in [1.165, 1.54) is 235 Å². The van der Waals surface area contributed by atoms with Crippen molar-refractivity contribution in [2.24, 2.45) is 0 Å². The van der Waals surface area contributed by atoms with Gasteiger partial charge in [-0.05, 0) is 110 Å². The summed E-state index contributed by atoms with van der Waals surface area (Å²) in [5.74, 6) is 0. The van der Waals surface area contributed by atoms with Gasteiger partial charge in [-0.15, -0.1) is 0 Å². The van der Waals surface area contributed by atoms with Gasteiger partial charge in [0.25, 0.3) is 0 Å². The average Bonchev–Trinajstić information content (AvgIpc) is 3.79. The Morgan fingerprint density at radius 2 is 0.493 bits per heavy atom. The van der Waals surface area contributed by atoms with Crippen LogP contribution in [0.4, 0.5) is 12.9 Å². The maximum absolute atomic E-state index is 9.67. The molecule has 449 valence electrons. The molecule has 3 nitrogen and oxygen atoms in total. The third-order valence-corrected chi connectivity index (χ3v) is 11.7. The molecule has 0 aromatic carbocycles. The van der Waals surface area contributed by atoms with Crippen molar-refractivity contribution in [1.82, 2.24) is 14.9 Å². The van der Waals surface area contributed by atoms with Gasteiger partial charge in [0.1, 0.15) is 0 Å². The number of nitrogens with zero attached hydrogens (tertiary/aromatic N) is 1. The molecule has 0 bridgehead atoms. The van der Waals surface area contributed by atoms with Crippen LogP contribution in [0.25, 0.3) is 0 Å². The fourth-order valence-corrected chi connectivity index (χ4v) is 7.73. The maximum atomic E-state index is 9.67. The van der Waals surface area contributed by atoms with Crippen molar-refractivity contribution in [2.75, 3.05) is 19.6 Å². The number of hydrogen-bond acceptors (Lipinski definition) is 1. The van der Waals surface area contributed by atoms with E-state index in [1.807, 2.05) is 27.7 Å². The molecule has 3 fully saturated rings. The molecule has 0 atom stereocenters. The van der Waals surface area contributed by atoms with E-state index >= 15 is 0 Å². The SMILES string of the molecule is C1=C/C=C\CCC=C1.C1=CCC/C=C\CC1.C1CCCCCCC1.C1CCCCCCC1.C1CCCCCCC1.CCN(CC)CC.Cc1ccc(C)[nH]1.Cc1ccc(C)[nH]1.FB(F)F.[CH3-].[CH3-].[CH3-].[CH3-].[CH3-].[CH3-].[F-].[Ru+2].[Ru+2].[RuH+2]. The van der Waals surface area contributed by atoms with Gasteiger partial charge in [0.05, 0.1) is 0 Å². The molecule has 0 aliphatic heterocycles. The molecular formula is C64H122BF4N3Ru3-. The molecule has 0 amide bonds.